The lowest BCUT2D eigenvalue weighted by Gasteiger charge is -2.21. The molecule has 1 atom stereocenters. The minimum absolute atomic E-state index is 0.672. The highest BCUT2D eigenvalue weighted by Gasteiger charge is 2.23. The van der Waals surface area contributed by atoms with Crippen LogP contribution >= 0.6 is 11.3 Å². The fourth-order valence-corrected chi connectivity index (χ4v) is 3.36. The Bertz CT molecular complexity index is 319. The van der Waals surface area contributed by atoms with E-state index < -0.39 is 0 Å². The molecule has 0 radical (unpaired) electrons. The molecule has 0 bridgehead atoms. The van der Waals surface area contributed by atoms with Crippen LogP contribution in [-0.2, 0) is 12.8 Å². The average molecular weight is 224 g/mol. The SMILES string of the molecule is CCNCC1CCCc2sc(CC)nc21. The summed E-state index contributed by atoms with van der Waals surface area (Å²) in [5.41, 5.74) is 1.41. The molecule has 3 heteroatoms. The van der Waals surface area contributed by atoms with Crippen molar-refractivity contribution in [3.05, 3.63) is 15.6 Å². The van der Waals surface area contributed by atoms with Gasteiger partial charge in [-0.15, -0.1) is 11.3 Å². The molecule has 0 amide bonds. The second-order valence-corrected chi connectivity index (χ2v) is 5.33. The number of aromatic nitrogens is 1. The monoisotopic (exact) mass is 224 g/mol. The molecule has 0 fully saturated rings. The van der Waals surface area contributed by atoms with E-state index in [1.54, 1.807) is 4.88 Å². The van der Waals surface area contributed by atoms with E-state index in [4.69, 9.17) is 4.98 Å². The molecule has 15 heavy (non-hydrogen) atoms. The van der Waals surface area contributed by atoms with Crippen LogP contribution in [0.15, 0.2) is 0 Å². The fraction of sp³-hybridized carbons (Fsp3) is 0.750. The van der Waals surface area contributed by atoms with Crippen molar-refractivity contribution in [2.24, 2.45) is 0 Å². The second kappa shape index (κ2) is 5.08. The molecule has 1 aliphatic carbocycles. The predicted octanol–water partition coefficient (Wildman–Crippen LogP) is 2.73. The number of aryl methyl sites for hydroxylation is 2. The third-order valence-corrected chi connectivity index (χ3v) is 4.33. The summed E-state index contributed by atoms with van der Waals surface area (Å²) in [6, 6.07) is 0. The molecular weight excluding hydrogens is 204 g/mol. The van der Waals surface area contributed by atoms with E-state index in [1.807, 2.05) is 11.3 Å². The van der Waals surface area contributed by atoms with Gasteiger partial charge in [0.1, 0.15) is 0 Å². The first-order chi connectivity index (χ1) is 7.35. The Morgan fingerprint density at radius 2 is 2.33 bits per heavy atom. The van der Waals surface area contributed by atoms with E-state index in [-0.39, 0.29) is 0 Å². The Kier molecular flexibility index (Phi) is 3.76. The third-order valence-electron chi connectivity index (χ3n) is 3.06. The molecule has 0 aromatic carbocycles. The van der Waals surface area contributed by atoms with E-state index in [1.165, 1.54) is 30.0 Å². The molecule has 1 heterocycles. The summed E-state index contributed by atoms with van der Waals surface area (Å²) < 4.78 is 0. The van der Waals surface area contributed by atoms with Gasteiger partial charge in [-0.25, -0.2) is 4.98 Å². The minimum atomic E-state index is 0.672. The van der Waals surface area contributed by atoms with E-state index in [9.17, 15) is 0 Å². The highest BCUT2D eigenvalue weighted by molar-refractivity contribution is 7.11. The van der Waals surface area contributed by atoms with Crippen LogP contribution in [-0.4, -0.2) is 18.1 Å². The maximum atomic E-state index is 4.78. The van der Waals surface area contributed by atoms with Crippen LogP contribution in [0.25, 0.3) is 0 Å². The summed E-state index contributed by atoms with van der Waals surface area (Å²) in [5.74, 6) is 0.672. The Labute approximate surface area is 96.1 Å². The number of fused-ring (bicyclic) bond motifs is 1. The number of hydrogen-bond acceptors (Lipinski definition) is 3. The van der Waals surface area contributed by atoms with Crippen LogP contribution in [0.4, 0.5) is 0 Å². The lowest BCUT2D eigenvalue weighted by Crippen LogP contribution is -2.24. The van der Waals surface area contributed by atoms with Crippen molar-refractivity contribution in [3.8, 4) is 0 Å². The minimum Gasteiger partial charge on any atom is -0.316 e. The number of likely N-dealkylation sites (N-methyl/N-ethyl adjacent to an activating group) is 1. The van der Waals surface area contributed by atoms with Gasteiger partial charge < -0.3 is 5.32 Å². The highest BCUT2D eigenvalue weighted by atomic mass is 32.1. The van der Waals surface area contributed by atoms with E-state index in [0.29, 0.717) is 5.92 Å². The molecule has 0 spiro atoms. The number of nitrogens with one attached hydrogen (secondary N) is 1. The Hall–Kier alpha value is -0.410. The van der Waals surface area contributed by atoms with Gasteiger partial charge in [-0.3, -0.25) is 0 Å². The van der Waals surface area contributed by atoms with Crippen molar-refractivity contribution in [1.29, 1.82) is 0 Å². The van der Waals surface area contributed by atoms with Crippen LogP contribution in [0.1, 0.15) is 48.2 Å². The molecule has 0 saturated heterocycles. The van der Waals surface area contributed by atoms with Gasteiger partial charge in [0.05, 0.1) is 10.7 Å². The molecule has 0 aliphatic heterocycles. The Balaban J connectivity index is 2.14. The van der Waals surface area contributed by atoms with Crippen LogP contribution in [0.5, 0.6) is 0 Å². The summed E-state index contributed by atoms with van der Waals surface area (Å²) in [6.07, 6.45) is 5.00. The summed E-state index contributed by atoms with van der Waals surface area (Å²) in [5, 5.41) is 4.77. The summed E-state index contributed by atoms with van der Waals surface area (Å²) in [4.78, 5) is 6.34. The van der Waals surface area contributed by atoms with Gasteiger partial charge in [0.25, 0.3) is 0 Å². The molecule has 1 aliphatic rings. The quantitative estimate of drug-likeness (QED) is 0.850. The van der Waals surface area contributed by atoms with Gasteiger partial charge in [0.15, 0.2) is 0 Å². The zero-order valence-electron chi connectivity index (χ0n) is 9.68. The van der Waals surface area contributed by atoms with Crippen LogP contribution in [0, 0.1) is 0 Å². The Morgan fingerprint density at radius 1 is 1.47 bits per heavy atom. The van der Waals surface area contributed by atoms with Crippen molar-refractivity contribution in [3.63, 3.8) is 0 Å². The molecular formula is C12H20N2S. The normalized spacial score (nSPS) is 20.3. The molecule has 0 saturated carbocycles. The van der Waals surface area contributed by atoms with E-state index in [2.05, 4.69) is 19.2 Å². The number of rotatable bonds is 4. The molecule has 1 unspecified atom stereocenters. The maximum absolute atomic E-state index is 4.78. The molecule has 84 valence electrons. The lowest BCUT2D eigenvalue weighted by molar-refractivity contribution is 0.508. The van der Waals surface area contributed by atoms with Gasteiger partial charge in [0, 0.05) is 17.3 Å². The van der Waals surface area contributed by atoms with Crippen molar-refractivity contribution < 1.29 is 0 Å². The van der Waals surface area contributed by atoms with Gasteiger partial charge in [-0.1, -0.05) is 13.8 Å². The molecule has 2 nitrogen and oxygen atoms in total. The predicted molar refractivity (Wildman–Crippen MR) is 65.7 cm³/mol. The first-order valence-corrected chi connectivity index (χ1v) is 6.86. The van der Waals surface area contributed by atoms with Crippen LogP contribution in [0.2, 0.25) is 0 Å². The summed E-state index contributed by atoms with van der Waals surface area (Å²) >= 11 is 1.93. The third kappa shape index (κ3) is 2.40. The standard InChI is InChI=1S/C12H20N2S/c1-3-11-14-12-9(8-13-4-2)6-5-7-10(12)15-11/h9,13H,3-8H2,1-2H3. The first kappa shape index (κ1) is 11.1. The lowest BCUT2D eigenvalue weighted by atomic mass is 9.91. The van der Waals surface area contributed by atoms with Crippen molar-refractivity contribution in [2.45, 2.75) is 45.4 Å². The summed E-state index contributed by atoms with van der Waals surface area (Å²) in [6.45, 7) is 6.54. The highest BCUT2D eigenvalue weighted by Crippen LogP contribution is 2.34. The fourth-order valence-electron chi connectivity index (χ4n) is 2.23. The van der Waals surface area contributed by atoms with Gasteiger partial charge in [-0.05, 0) is 32.2 Å². The second-order valence-electron chi connectivity index (χ2n) is 4.17. The van der Waals surface area contributed by atoms with Crippen LogP contribution in [0.3, 0.4) is 0 Å². The zero-order chi connectivity index (χ0) is 10.7. The van der Waals surface area contributed by atoms with Gasteiger partial charge >= 0.3 is 0 Å². The van der Waals surface area contributed by atoms with Crippen LogP contribution < -0.4 is 5.32 Å². The summed E-state index contributed by atoms with van der Waals surface area (Å²) in [7, 11) is 0. The van der Waals surface area contributed by atoms with Crippen molar-refractivity contribution >= 4 is 11.3 Å². The molecule has 1 aromatic rings. The van der Waals surface area contributed by atoms with E-state index in [0.717, 1.165) is 19.5 Å². The largest absolute Gasteiger partial charge is 0.316 e. The number of thiazole rings is 1. The molecule has 1 aromatic heterocycles. The van der Waals surface area contributed by atoms with Gasteiger partial charge in [-0.2, -0.15) is 0 Å². The zero-order valence-corrected chi connectivity index (χ0v) is 10.5. The average Bonchev–Trinajstić information content (AvgIpc) is 2.69. The molecule has 2 rings (SSSR count). The smallest absolute Gasteiger partial charge is 0.0928 e. The Morgan fingerprint density at radius 3 is 3.07 bits per heavy atom. The van der Waals surface area contributed by atoms with Crippen molar-refractivity contribution in [2.75, 3.05) is 13.1 Å². The topological polar surface area (TPSA) is 24.9 Å². The van der Waals surface area contributed by atoms with E-state index >= 15 is 0 Å². The maximum Gasteiger partial charge on any atom is 0.0928 e. The first-order valence-electron chi connectivity index (χ1n) is 6.04. The number of nitrogens with zero attached hydrogens (tertiary/aromatic N) is 1. The van der Waals surface area contributed by atoms with Crippen molar-refractivity contribution in [1.82, 2.24) is 10.3 Å². The van der Waals surface area contributed by atoms with Gasteiger partial charge in [0.2, 0.25) is 0 Å². The molecule has 1 N–H and O–H groups in total. The number of hydrogen-bond donors (Lipinski definition) is 1.